The molecular formula is C27H34N2O6. The fraction of sp³-hybridized carbons (Fsp3) is 0.444. The number of benzene rings is 2. The van der Waals surface area contributed by atoms with Crippen LogP contribution in [0, 0.1) is 5.92 Å². The maximum Gasteiger partial charge on any atom is 0.407 e. The number of hydrogen-bond acceptors (Lipinski definition) is 5. The smallest absolute Gasteiger partial charge is 0.407 e. The van der Waals surface area contributed by atoms with Gasteiger partial charge in [-0.05, 0) is 47.4 Å². The van der Waals surface area contributed by atoms with Gasteiger partial charge in [0.1, 0.15) is 12.6 Å². The summed E-state index contributed by atoms with van der Waals surface area (Å²) in [5.41, 5.74) is 4.66. The molecule has 0 radical (unpaired) electrons. The fourth-order valence-corrected chi connectivity index (χ4v) is 4.43. The summed E-state index contributed by atoms with van der Waals surface area (Å²) in [6.45, 7) is 2.94. The summed E-state index contributed by atoms with van der Waals surface area (Å²) < 4.78 is 10.5. The third-order valence-electron chi connectivity index (χ3n) is 6.26. The van der Waals surface area contributed by atoms with Gasteiger partial charge >= 0.3 is 12.1 Å². The third kappa shape index (κ3) is 7.29. The number of amides is 2. The van der Waals surface area contributed by atoms with Crippen LogP contribution >= 0.6 is 0 Å². The average molecular weight is 483 g/mol. The average Bonchev–Trinajstić information content (AvgIpc) is 3.16. The molecule has 0 saturated carbocycles. The zero-order valence-corrected chi connectivity index (χ0v) is 20.3. The summed E-state index contributed by atoms with van der Waals surface area (Å²) in [7, 11) is 1.55. The first-order chi connectivity index (χ1) is 16.9. The maximum atomic E-state index is 12.3. The molecule has 2 atom stereocenters. The number of aliphatic carboxylic acids is 1. The summed E-state index contributed by atoms with van der Waals surface area (Å²) in [6, 6.07) is 15.4. The standard InChI is InChI=1S/C27H34N2O6/c1-18(16-25(30)29-24(26(31)32)12-7-15-34-2)13-14-28-27(33)35-17-23-21-10-5-3-8-19(21)20-9-4-6-11-22(20)23/h3-6,8-11,18,23-24H,7,12-17H2,1-2H3,(H,28,33)(H,29,30)(H,31,32). The van der Waals surface area contributed by atoms with E-state index in [9.17, 15) is 19.5 Å². The van der Waals surface area contributed by atoms with Crippen molar-refractivity contribution in [1.82, 2.24) is 10.6 Å². The number of carboxylic acid groups (broad SMARTS) is 1. The molecular weight excluding hydrogens is 448 g/mol. The number of fused-ring (bicyclic) bond motifs is 3. The van der Waals surface area contributed by atoms with Crippen molar-refractivity contribution in [2.45, 2.75) is 44.6 Å². The van der Waals surface area contributed by atoms with Gasteiger partial charge in [0.15, 0.2) is 0 Å². The molecule has 2 aromatic carbocycles. The first kappa shape index (κ1) is 26.2. The Morgan fingerprint density at radius 2 is 1.63 bits per heavy atom. The molecule has 188 valence electrons. The van der Waals surface area contributed by atoms with Crippen molar-refractivity contribution in [2.24, 2.45) is 5.92 Å². The van der Waals surface area contributed by atoms with E-state index in [0.29, 0.717) is 32.4 Å². The minimum Gasteiger partial charge on any atom is -0.480 e. The van der Waals surface area contributed by atoms with Gasteiger partial charge in [0.05, 0.1) is 0 Å². The van der Waals surface area contributed by atoms with Crippen LogP contribution in [0.1, 0.15) is 49.7 Å². The van der Waals surface area contributed by atoms with Gasteiger partial charge in [-0.25, -0.2) is 9.59 Å². The zero-order chi connectivity index (χ0) is 25.2. The van der Waals surface area contributed by atoms with Crippen LogP contribution in [0.5, 0.6) is 0 Å². The summed E-state index contributed by atoms with van der Waals surface area (Å²) in [5, 5.41) is 14.6. The lowest BCUT2D eigenvalue weighted by Gasteiger charge is -2.17. The van der Waals surface area contributed by atoms with Crippen LogP contribution in [-0.4, -0.2) is 56.0 Å². The number of methoxy groups -OCH3 is 1. The summed E-state index contributed by atoms with van der Waals surface area (Å²) in [5.74, 6) is -1.40. The number of nitrogens with one attached hydrogen (secondary N) is 2. The lowest BCUT2D eigenvalue weighted by molar-refractivity contribution is -0.142. The molecule has 8 heteroatoms. The number of carboxylic acids is 1. The minimum absolute atomic E-state index is 0.00170. The predicted octanol–water partition coefficient (Wildman–Crippen LogP) is 3.94. The second-order valence-electron chi connectivity index (χ2n) is 8.94. The molecule has 0 saturated heterocycles. The van der Waals surface area contributed by atoms with E-state index in [0.717, 1.165) is 11.1 Å². The van der Waals surface area contributed by atoms with E-state index in [1.165, 1.54) is 11.1 Å². The second kappa shape index (κ2) is 12.9. The molecule has 0 aromatic heterocycles. The van der Waals surface area contributed by atoms with Crippen molar-refractivity contribution >= 4 is 18.0 Å². The number of ether oxygens (including phenoxy) is 2. The molecule has 8 nitrogen and oxygen atoms in total. The summed E-state index contributed by atoms with van der Waals surface area (Å²) in [6.07, 6.45) is 1.12. The van der Waals surface area contributed by atoms with Crippen LogP contribution < -0.4 is 10.6 Å². The number of carbonyl (C=O) groups excluding carboxylic acids is 2. The lowest BCUT2D eigenvalue weighted by Crippen LogP contribution is -2.41. The van der Waals surface area contributed by atoms with Crippen LogP contribution in [0.25, 0.3) is 11.1 Å². The van der Waals surface area contributed by atoms with Crippen molar-refractivity contribution in [1.29, 1.82) is 0 Å². The molecule has 3 N–H and O–H groups in total. The van der Waals surface area contributed by atoms with E-state index in [4.69, 9.17) is 9.47 Å². The maximum absolute atomic E-state index is 12.3. The van der Waals surface area contributed by atoms with E-state index in [1.807, 2.05) is 31.2 Å². The Kier molecular flexibility index (Phi) is 9.66. The third-order valence-corrected chi connectivity index (χ3v) is 6.26. The quantitative estimate of drug-likeness (QED) is 0.373. The molecule has 0 aliphatic heterocycles. The highest BCUT2D eigenvalue weighted by atomic mass is 16.5. The van der Waals surface area contributed by atoms with E-state index in [-0.39, 0.29) is 30.8 Å². The van der Waals surface area contributed by atoms with Gasteiger partial charge in [-0.15, -0.1) is 0 Å². The molecule has 1 aliphatic carbocycles. The Balaban J connectivity index is 1.39. The monoisotopic (exact) mass is 482 g/mol. The highest BCUT2D eigenvalue weighted by Gasteiger charge is 2.29. The highest BCUT2D eigenvalue weighted by molar-refractivity contribution is 5.83. The van der Waals surface area contributed by atoms with Gasteiger partial charge in [0.2, 0.25) is 5.91 Å². The normalized spacial score (nSPS) is 13.9. The minimum atomic E-state index is -1.06. The van der Waals surface area contributed by atoms with Crippen molar-refractivity contribution in [3.05, 3.63) is 59.7 Å². The van der Waals surface area contributed by atoms with Crippen LogP contribution in [-0.2, 0) is 19.1 Å². The van der Waals surface area contributed by atoms with Crippen molar-refractivity contribution in [2.75, 3.05) is 26.9 Å². The summed E-state index contributed by atoms with van der Waals surface area (Å²) in [4.78, 5) is 35.9. The van der Waals surface area contributed by atoms with Crippen LogP contribution in [0.15, 0.2) is 48.5 Å². The van der Waals surface area contributed by atoms with Gasteiger partial charge in [0, 0.05) is 32.6 Å². The molecule has 2 aromatic rings. The molecule has 0 fully saturated rings. The Bertz CT molecular complexity index is 979. The Labute approximate surface area is 206 Å². The van der Waals surface area contributed by atoms with Gasteiger partial charge in [-0.3, -0.25) is 4.79 Å². The topological polar surface area (TPSA) is 114 Å². The highest BCUT2D eigenvalue weighted by Crippen LogP contribution is 2.44. The SMILES string of the molecule is COCCCC(NC(=O)CC(C)CCNC(=O)OCC1c2ccccc2-c2ccccc21)C(=O)O. The van der Waals surface area contributed by atoms with Gasteiger partial charge in [-0.2, -0.15) is 0 Å². The molecule has 2 amide bonds. The second-order valence-corrected chi connectivity index (χ2v) is 8.94. The first-order valence-electron chi connectivity index (χ1n) is 12.0. The number of carbonyl (C=O) groups is 3. The molecule has 1 aliphatic rings. The van der Waals surface area contributed by atoms with Crippen molar-refractivity contribution in [3.63, 3.8) is 0 Å². The van der Waals surface area contributed by atoms with Crippen LogP contribution in [0.3, 0.4) is 0 Å². The Hall–Kier alpha value is -3.39. The van der Waals surface area contributed by atoms with Crippen LogP contribution in [0.4, 0.5) is 4.79 Å². The van der Waals surface area contributed by atoms with E-state index >= 15 is 0 Å². The molecule has 0 spiro atoms. The van der Waals surface area contributed by atoms with Crippen molar-refractivity contribution in [3.8, 4) is 11.1 Å². The number of hydrogen-bond donors (Lipinski definition) is 3. The van der Waals surface area contributed by atoms with Gasteiger partial charge in [0.25, 0.3) is 0 Å². The largest absolute Gasteiger partial charge is 0.480 e. The summed E-state index contributed by atoms with van der Waals surface area (Å²) >= 11 is 0. The Morgan fingerprint density at radius 3 is 2.23 bits per heavy atom. The molecule has 0 bridgehead atoms. The zero-order valence-electron chi connectivity index (χ0n) is 20.3. The number of alkyl carbamates (subject to hydrolysis) is 1. The van der Waals surface area contributed by atoms with E-state index < -0.39 is 18.1 Å². The molecule has 0 heterocycles. The number of rotatable bonds is 13. The molecule has 35 heavy (non-hydrogen) atoms. The fourth-order valence-electron chi connectivity index (χ4n) is 4.43. The van der Waals surface area contributed by atoms with Gasteiger partial charge < -0.3 is 25.2 Å². The Morgan fingerprint density at radius 1 is 1.00 bits per heavy atom. The van der Waals surface area contributed by atoms with Crippen LogP contribution in [0.2, 0.25) is 0 Å². The lowest BCUT2D eigenvalue weighted by atomic mass is 9.98. The van der Waals surface area contributed by atoms with E-state index in [2.05, 4.69) is 34.9 Å². The van der Waals surface area contributed by atoms with Gasteiger partial charge in [-0.1, -0.05) is 55.5 Å². The predicted molar refractivity (Wildman–Crippen MR) is 132 cm³/mol. The molecule has 3 rings (SSSR count). The van der Waals surface area contributed by atoms with Crippen molar-refractivity contribution < 1.29 is 29.0 Å². The van der Waals surface area contributed by atoms with E-state index in [1.54, 1.807) is 7.11 Å². The molecule has 2 unspecified atom stereocenters. The first-order valence-corrected chi connectivity index (χ1v) is 12.0.